The van der Waals surface area contributed by atoms with Gasteiger partial charge in [-0.1, -0.05) is 32.1 Å². The molecule has 56 nitrogen and oxygen atoms in total. The lowest BCUT2D eigenvalue weighted by molar-refractivity contribution is -0.366. The molecule has 140 heavy (non-hydrogen) atoms. The van der Waals surface area contributed by atoms with Gasteiger partial charge in [-0.3, -0.25) is 38.7 Å². The summed E-state index contributed by atoms with van der Waals surface area (Å²) in [6.07, 6.45) is -63.1. The van der Waals surface area contributed by atoms with Gasteiger partial charge in [0.15, 0.2) is 50.3 Å². The van der Waals surface area contributed by atoms with Crippen molar-refractivity contribution in [3.05, 3.63) is 0 Å². The van der Waals surface area contributed by atoms with Crippen LogP contribution in [0.2, 0.25) is 0 Å². The minimum Gasteiger partial charge on any atom is -0.394 e. The van der Waals surface area contributed by atoms with Crippen molar-refractivity contribution in [2.75, 3.05) is 145 Å². The molecule has 9 heterocycles. The standard InChI is InChI=1S/C84H147N7O49/c1-39-53(102)61(110)67(116)77(130-39)124-26-22-88(24-28-126-81-73(122)75(138-83-71(120)65(114)57(106)43(35-94)134-83)59(108)45(136-81)37-128-79-69(118)63(112)55(104)41(33-92)132-79)20-12-5-3-9-17-85-47(96)30-90(32-49(98)87-19-11-7-8-14-52(101)140-91-50(99)15-16-51(91)100)31-48(97)86-18-10-4-6-13-21-89(23-27-125-78-68(117)62(111)54(103)40(2)131-78)25-29-127-82-74(123)76(139-84-72(121)66(115)58(107)44(36-95)135-84)60(109)46(137-82)38-129-80-70(119)64(113)56(105)42(34-93)133-80/h39-46,53-84,92-95,102-123H,3-38H2,1-2H3,(H,85,96)(H,86,97)(H,87,98)/t39-,40-,41+,42+,43+,44+,45+,46+,53+,54+,55+,56+,57+,58+,59+,60+,61+,62+,63-,64-,65-,66-,67-,68-,69-,70-,71-,72-,73-,74-,75-,76-,77-,78-,79-,80-,81-,82-,83+,84+/m0/s1. The monoisotopic (exact) mass is 2040 g/mol. The minimum atomic E-state index is -2.02. The molecule has 0 saturated carbocycles. The molecule has 9 aliphatic heterocycles. The summed E-state index contributed by atoms with van der Waals surface area (Å²) in [6, 6.07) is 0. The van der Waals surface area contributed by atoms with E-state index in [1.807, 2.05) is 9.80 Å². The lowest BCUT2D eigenvalue weighted by Gasteiger charge is -2.46. The zero-order valence-corrected chi connectivity index (χ0v) is 77.9. The van der Waals surface area contributed by atoms with Crippen molar-refractivity contribution in [1.29, 1.82) is 0 Å². The summed E-state index contributed by atoms with van der Waals surface area (Å²) in [6.45, 7) is -2.79. The van der Waals surface area contributed by atoms with Crippen molar-refractivity contribution in [3.8, 4) is 0 Å². The number of imide groups is 1. The first-order valence-electron chi connectivity index (χ1n) is 47.4. The lowest BCUT2D eigenvalue weighted by Crippen LogP contribution is -2.65. The zero-order chi connectivity index (χ0) is 102. The number of nitrogens with zero attached hydrogens (tertiary/aromatic N) is 4. The van der Waals surface area contributed by atoms with E-state index in [2.05, 4.69) is 16.0 Å². The molecule has 9 fully saturated rings. The number of carbonyl (C=O) groups excluding carboxylic acids is 6. The van der Waals surface area contributed by atoms with Gasteiger partial charge in [0, 0.05) is 65.1 Å². The molecule has 40 atom stereocenters. The lowest BCUT2D eigenvalue weighted by atomic mass is 9.96. The molecule has 29 N–H and O–H groups in total. The molecule has 812 valence electrons. The smallest absolute Gasteiger partial charge is 0.333 e. The second-order valence-corrected chi connectivity index (χ2v) is 36.1. The maximum absolute atomic E-state index is 13.7. The van der Waals surface area contributed by atoms with Gasteiger partial charge in [0.2, 0.25) is 17.7 Å². The van der Waals surface area contributed by atoms with E-state index in [1.54, 1.807) is 0 Å². The van der Waals surface area contributed by atoms with Gasteiger partial charge in [-0.15, -0.1) is 5.06 Å². The first kappa shape index (κ1) is 119. The SMILES string of the molecule is C[C@@H]1O[C@H](OCCN(CCCCCCNC(=O)CN(CC(=O)NCCCCCCN(CCO[C@H]2O[C@@H](C)[C@@H](O)[C@@H](O)[C@@H]2O)CCO[C@H]2O[C@H](CO[C@H]3O[C@H](CO)[C@@H](O)[C@H](O)[C@@H]3O)[C@@H](O)[C@H](O[C@H]3O[C@H](CO)[C@@H](O)[C@H](O)[C@@H]3O)[C@@H]2O)CC(=O)NCCCCCC(=O)ON2C(=O)CCC2=O)CCO[C@H]2O[C@H](CO[C@H]3O[C@H](CO)[C@@H](O)[C@H](O)[C@@H]3O)[C@@H](O)[C@H](O[C@H]3O[C@H](CO)[C@@H](O)[C@H](O)[C@@H]3O)[C@@H]2O)[C@@H](O)[C@H](O)[C@@H]1O. The largest absolute Gasteiger partial charge is 0.394 e. The number of hydroxylamine groups is 2. The van der Waals surface area contributed by atoms with Crippen LogP contribution in [0.3, 0.4) is 0 Å². The number of hydrogen-bond donors (Lipinski definition) is 29. The number of hydrogen-bond acceptors (Lipinski definition) is 52. The Bertz CT molecular complexity index is 3430. The van der Waals surface area contributed by atoms with Crippen LogP contribution in [0.1, 0.15) is 104 Å². The number of aliphatic hydroxyl groups excluding tert-OH is 26. The third-order valence-corrected chi connectivity index (χ3v) is 25.6. The van der Waals surface area contributed by atoms with Gasteiger partial charge in [0.05, 0.1) is 97.9 Å². The van der Waals surface area contributed by atoms with Gasteiger partial charge < -0.3 is 229 Å². The van der Waals surface area contributed by atoms with Gasteiger partial charge in [-0.2, -0.15) is 0 Å². The van der Waals surface area contributed by atoms with Crippen molar-refractivity contribution in [3.63, 3.8) is 0 Å². The number of nitrogens with one attached hydrogen (secondary N) is 3. The van der Waals surface area contributed by atoms with Crippen LogP contribution >= 0.6 is 0 Å². The zero-order valence-electron chi connectivity index (χ0n) is 77.9. The molecular formula is C84H147N7O49. The van der Waals surface area contributed by atoms with E-state index in [0.29, 0.717) is 82.4 Å². The molecule has 0 aromatic rings. The number of unbranched alkanes of at least 4 members (excludes halogenated alkanes) is 8. The highest BCUT2D eigenvalue weighted by molar-refractivity contribution is 6.01. The molecule has 5 amide bonds. The van der Waals surface area contributed by atoms with Crippen LogP contribution in [0, 0.1) is 0 Å². The third-order valence-electron chi connectivity index (χ3n) is 25.6. The second kappa shape index (κ2) is 58.8. The van der Waals surface area contributed by atoms with E-state index < -0.39 is 340 Å². The summed E-state index contributed by atoms with van der Waals surface area (Å²) >= 11 is 0. The van der Waals surface area contributed by atoms with E-state index in [-0.39, 0.29) is 97.9 Å². The number of aliphatic hydroxyl groups is 26. The Morgan fingerprint density at radius 2 is 0.571 bits per heavy atom. The number of rotatable bonds is 57. The summed E-state index contributed by atoms with van der Waals surface area (Å²) in [5.41, 5.74) is 0. The van der Waals surface area contributed by atoms with Gasteiger partial charge in [-0.25, -0.2) is 4.79 Å². The van der Waals surface area contributed by atoms with Gasteiger partial charge in [0.25, 0.3) is 11.8 Å². The van der Waals surface area contributed by atoms with Crippen LogP contribution in [0.25, 0.3) is 0 Å². The molecule has 0 aromatic heterocycles. The molecule has 9 saturated heterocycles. The first-order chi connectivity index (χ1) is 66.7. The fraction of sp³-hybridized carbons (Fsp3) is 0.929. The Kier molecular flexibility index (Phi) is 49.9. The van der Waals surface area contributed by atoms with Crippen molar-refractivity contribution >= 4 is 35.5 Å². The molecular weight excluding hydrogens is 1890 g/mol. The van der Waals surface area contributed by atoms with Crippen LogP contribution < -0.4 is 16.0 Å². The highest BCUT2D eigenvalue weighted by Crippen LogP contribution is 2.36. The van der Waals surface area contributed by atoms with Crippen LogP contribution in [-0.2, 0) is 109 Å². The summed E-state index contributed by atoms with van der Waals surface area (Å²) in [5, 5.41) is 285. The normalized spacial score (nSPS) is 39.0. The molecule has 0 bridgehead atoms. The summed E-state index contributed by atoms with van der Waals surface area (Å²) in [7, 11) is 0. The predicted octanol–water partition coefficient (Wildman–Crippen LogP) is -16.9. The third kappa shape index (κ3) is 33.6. The first-order valence-corrected chi connectivity index (χ1v) is 47.4. The van der Waals surface area contributed by atoms with Crippen molar-refractivity contribution in [2.45, 2.75) is 349 Å². The van der Waals surface area contributed by atoms with Gasteiger partial charge >= 0.3 is 5.97 Å². The molecule has 0 spiro atoms. The quantitative estimate of drug-likeness (QED) is 0.0199. The van der Waals surface area contributed by atoms with E-state index in [0.717, 1.165) is 0 Å². The van der Waals surface area contributed by atoms with Crippen molar-refractivity contribution in [1.82, 2.24) is 35.7 Å². The fourth-order valence-electron chi connectivity index (χ4n) is 16.9. The average Bonchev–Trinajstić information content (AvgIpc) is 0.860. The minimum absolute atomic E-state index is 0.0243. The van der Waals surface area contributed by atoms with E-state index in [4.69, 9.17) is 80.6 Å². The van der Waals surface area contributed by atoms with E-state index in [9.17, 15) is 162 Å². The maximum Gasteiger partial charge on any atom is 0.333 e. The van der Waals surface area contributed by atoms with E-state index in [1.165, 1.54) is 18.7 Å². The summed E-state index contributed by atoms with van der Waals surface area (Å²) in [5.74, 6) is -3.72. The Hall–Kier alpha value is -4.78. The topological polar surface area (TPSA) is 834 Å². The molecule has 9 rings (SSSR count). The Morgan fingerprint density at radius 3 is 0.893 bits per heavy atom. The highest BCUT2D eigenvalue weighted by atomic mass is 16.8. The van der Waals surface area contributed by atoms with Crippen LogP contribution in [0.15, 0.2) is 0 Å². The molecule has 0 unspecified atom stereocenters. The van der Waals surface area contributed by atoms with Crippen LogP contribution in [0.5, 0.6) is 0 Å². The Labute approximate surface area is 804 Å². The molecule has 56 heteroatoms. The van der Waals surface area contributed by atoms with E-state index >= 15 is 0 Å². The molecule has 0 aliphatic carbocycles. The number of amides is 5. The van der Waals surface area contributed by atoms with Crippen molar-refractivity contribution in [2.24, 2.45) is 0 Å². The van der Waals surface area contributed by atoms with Crippen LogP contribution in [0.4, 0.5) is 0 Å². The Morgan fingerprint density at radius 1 is 0.300 bits per heavy atom. The highest BCUT2D eigenvalue weighted by Gasteiger charge is 2.56. The molecule has 0 aromatic carbocycles. The number of carbonyl (C=O) groups is 6. The van der Waals surface area contributed by atoms with Gasteiger partial charge in [-0.05, 0) is 65.5 Å². The van der Waals surface area contributed by atoms with Crippen molar-refractivity contribution < 1.29 is 242 Å². The second-order valence-electron chi connectivity index (χ2n) is 36.1. The molecule has 0 radical (unpaired) electrons. The number of ether oxygens (including phenoxy) is 16. The Balaban J connectivity index is 0.783. The summed E-state index contributed by atoms with van der Waals surface area (Å²) < 4.78 is 92.0. The fourth-order valence-corrected chi connectivity index (χ4v) is 16.9. The predicted molar refractivity (Wildman–Crippen MR) is 458 cm³/mol. The molecule has 9 aliphatic rings. The van der Waals surface area contributed by atoms with Gasteiger partial charge in [0.1, 0.15) is 183 Å². The maximum atomic E-state index is 13.7. The summed E-state index contributed by atoms with van der Waals surface area (Å²) in [4.78, 5) is 87.2. The van der Waals surface area contributed by atoms with Crippen LogP contribution in [-0.4, -0.2) is 578 Å². The average molecular weight is 2040 g/mol.